The summed E-state index contributed by atoms with van der Waals surface area (Å²) in [6.45, 7) is 9.25. The highest BCUT2D eigenvalue weighted by atomic mass is 16.6. The Morgan fingerprint density at radius 3 is 2.14 bits per heavy atom. The number of nitrogens with one attached hydrogen (secondary N) is 4. The quantitative estimate of drug-likeness (QED) is 0.145. The van der Waals surface area contributed by atoms with Crippen molar-refractivity contribution in [3.63, 3.8) is 0 Å². The largest absolute Gasteiger partial charge is 0.497 e. The van der Waals surface area contributed by atoms with E-state index in [0.29, 0.717) is 37.5 Å². The Bertz CT molecular complexity index is 1380. The molecule has 1 heterocycles. The molecule has 1 fully saturated rings. The zero-order chi connectivity index (χ0) is 37.4. The van der Waals surface area contributed by atoms with Crippen molar-refractivity contribution in [1.29, 1.82) is 0 Å². The summed E-state index contributed by atoms with van der Waals surface area (Å²) in [6, 6.07) is 8.27. The Morgan fingerprint density at radius 1 is 0.882 bits per heavy atom. The van der Waals surface area contributed by atoms with Gasteiger partial charge in [0.15, 0.2) is 0 Å². The molecule has 1 aromatic carbocycles. The van der Waals surface area contributed by atoms with E-state index in [9.17, 15) is 24.3 Å². The number of alkyl carbamates (subject to hydrolysis) is 1. The molecule has 282 valence electrons. The molecule has 5 atom stereocenters. The molecular weight excluding hydrogens is 650 g/mol. The second kappa shape index (κ2) is 20.6. The van der Waals surface area contributed by atoms with Crippen LogP contribution in [0.2, 0.25) is 0 Å². The van der Waals surface area contributed by atoms with Gasteiger partial charge in [0.2, 0.25) is 17.7 Å². The minimum atomic E-state index is -1.03. The van der Waals surface area contributed by atoms with Gasteiger partial charge in [0.05, 0.1) is 19.3 Å². The van der Waals surface area contributed by atoms with E-state index in [1.54, 1.807) is 59.3 Å². The van der Waals surface area contributed by atoms with Gasteiger partial charge < -0.3 is 35.8 Å². The molecule has 12 nitrogen and oxygen atoms in total. The van der Waals surface area contributed by atoms with Crippen LogP contribution in [0.5, 0.6) is 5.75 Å². The SMILES string of the molecule is CCC[C@H](NC(=O)[C@H](Cc1ccc(OC)cc1)NC(=O)OC(C)(C)C)C(=O)N[C@@H](CC1CCCCC1)[C@@H](O)C[C@@H](C)C(=O)NCc1ccncc1. The highest BCUT2D eigenvalue weighted by molar-refractivity contribution is 5.91. The van der Waals surface area contributed by atoms with E-state index in [4.69, 9.17) is 9.47 Å². The van der Waals surface area contributed by atoms with Gasteiger partial charge in [-0.1, -0.05) is 64.5 Å². The third kappa shape index (κ3) is 14.9. The Kier molecular flexibility index (Phi) is 16.7. The van der Waals surface area contributed by atoms with Gasteiger partial charge in [0.1, 0.15) is 23.4 Å². The van der Waals surface area contributed by atoms with Crippen LogP contribution >= 0.6 is 0 Å². The van der Waals surface area contributed by atoms with E-state index in [1.165, 1.54) is 6.42 Å². The van der Waals surface area contributed by atoms with Gasteiger partial charge in [-0.2, -0.15) is 0 Å². The standard InChI is InChI=1S/C39H59N5O7/c1-7-11-31(42-37(48)33(44-38(49)51-39(3,4)5)24-28-14-16-30(50-6)17-15-28)36(47)43-32(23-27-12-9-8-10-13-27)34(45)22-26(2)35(46)41-25-29-18-20-40-21-19-29/h14-21,26-27,31-34,45H,7-13,22-25H2,1-6H3,(H,41,46)(H,42,48)(H,43,47)(H,44,49)/t26-,31+,32+,33+,34+/m1/s1. The van der Waals surface area contributed by atoms with Crippen molar-refractivity contribution in [3.8, 4) is 5.75 Å². The molecule has 2 aromatic rings. The second-order valence-corrected chi connectivity index (χ2v) is 14.7. The van der Waals surface area contributed by atoms with Gasteiger partial charge in [-0.3, -0.25) is 19.4 Å². The molecule has 4 amide bonds. The molecule has 1 aliphatic rings. The maximum atomic E-state index is 13.9. The van der Waals surface area contributed by atoms with E-state index < -0.39 is 53.7 Å². The molecule has 51 heavy (non-hydrogen) atoms. The lowest BCUT2D eigenvalue weighted by Gasteiger charge is -2.32. The lowest BCUT2D eigenvalue weighted by atomic mass is 9.82. The van der Waals surface area contributed by atoms with Gasteiger partial charge in [0, 0.05) is 31.3 Å². The van der Waals surface area contributed by atoms with Gasteiger partial charge in [-0.05, 0) is 81.3 Å². The molecule has 0 saturated heterocycles. The number of benzene rings is 1. The summed E-state index contributed by atoms with van der Waals surface area (Å²) in [7, 11) is 1.57. The average Bonchev–Trinajstić information content (AvgIpc) is 3.10. The van der Waals surface area contributed by atoms with Crippen LogP contribution in [0.15, 0.2) is 48.8 Å². The molecule has 1 aliphatic carbocycles. The number of nitrogens with zero attached hydrogens (tertiary/aromatic N) is 1. The first kappa shape index (κ1) is 41.2. The fourth-order valence-corrected chi connectivity index (χ4v) is 6.36. The monoisotopic (exact) mass is 709 g/mol. The van der Waals surface area contributed by atoms with E-state index in [1.807, 2.05) is 31.2 Å². The van der Waals surface area contributed by atoms with Crippen LogP contribution in [0.3, 0.4) is 0 Å². The number of amides is 4. The minimum Gasteiger partial charge on any atom is -0.497 e. The fraction of sp³-hybridized carbons (Fsp3) is 0.615. The fourth-order valence-electron chi connectivity index (χ4n) is 6.36. The summed E-state index contributed by atoms with van der Waals surface area (Å²) in [5.74, 6) is -0.652. The molecule has 12 heteroatoms. The smallest absolute Gasteiger partial charge is 0.408 e. The Balaban J connectivity index is 1.73. The van der Waals surface area contributed by atoms with Gasteiger partial charge in [-0.15, -0.1) is 0 Å². The van der Waals surface area contributed by atoms with Crippen LogP contribution in [0.4, 0.5) is 4.79 Å². The summed E-state index contributed by atoms with van der Waals surface area (Å²) in [5.41, 5.74) is 0.921. The first-order valence-corrected chi connectivity index (χ1v) is 18.4. The summed E-state index contributed by atoms with van der Waals surface area (Å²) >= 11 is 0. The van der Waals surface area contributed by atoms with Crippen molar-refractivity contribution in [1.82, 2.24) is 26.3 Å². The summed E-state index contributed by atoms with van der Waals surface area (Å²) < 4.78 is 10.7. The van der Waals surface area contributed by atoms with Crippen molar-refractivity contribution in [2.75, 3.05) is 7.11 Å². The molecule has 0 spiro atoms. The predicted octanol–water partition coefficient (Wildman–Crippen LogP) is 4.97. The third-order valence-corrected chi connectivity index (χ3v) is 9.18. The van der Waals surface area contributed by atoms with Crippen molar-refractivity contribution < 1.29 is 33.8 Å². The minimum absolute atomic E-state index is 0.152. The number of aliphatic hydroxyl groups excluding tert-OH is 1. The molecule has 0 aliphatic heterocycles. The normalized spacial score (nSPS) is 16.5. The molecule has 1 saturated carbocycles. The number of hydrogen-bond acceptors (Lipinski definition) is 8. The van der Waals surface area contributed by atoms with Crippen molar-refractivity contribution in [2.45, 2.75) is 135 Å². The number of rotatable bonds is 18. The Hall–Kier alpha value is -4.19. The number of aromatic nitrogens is 1. The molecule has 5 N–H and O–H groups in total. The zero-order valence-corrected chi connectivity index (χ0v) is 31.2. The Labute approximate surface area is 303 Å². The third-order valence-electron chi connectivity index (χ3n) is 9.18. The lowest BCUT2D eigenvalue weighted by Crippen LogP contribution is -2.57. The molecule has 1 aromatic heterocycles. The second-order valence-electron chi connectivity index (χ2n) is 14.7. The van der Waals surface area contributed by atoms with Crippen molar-refractivity contribution in [2.24, 2.45) is 11.8 Å². The van der Waals surface area contributed by atoms with E-state index in [0.717, 1.165) is 36.8 Å². The molecule has 0 radical (unpaired) electrons. The highest BCUT2D eigenvalue weighted by Gasteiger charge is 2.33. The number of pyridine rings is 1. The molecule has 0 unspecified atom stereocenters. The number of carbonyl (C=O) groups excluding carboxylic acids is 4. The summed E-state index contributed by atoms with van der Waals surface area (Å²) in [6.07, 6.45) is 8.84. The van der Waals surface area contributed by atoms with E-state index >= 15 is 0 Å². The molecule has 3 rings (SSSR count). The molecule has 0 bridgehead atoms. The number of ether oxygens (including phenoxy) is 2. The van der Waals surface area contributed by atoms with Crippen LogP contribution in [-0.2, 0) is 32.1 Å². The van der Waals surface area contributed by atoms with E-state index in [-0.39, 0.29) is 18.7 Å². The number of methoxy groups -OCH3 is 1. The number of carbonyl (C=O) groups is 4. The first-order chi connectivity index (χ1) is 24.3. The topological polar surface area (TPSA) is 168 Å². The van der Waals surface area contributed by atoms with Crippen molar-refractivity contribution in [3.05, 3.63) is 59.9 Å². The average molecular weight is 710 g/mol. The molecular formula is C39H59N5O7. The van der Waals surface area contributed by atoms with Crippen molar-refractivity contribution >= 4 is 23.8 Å². The maximum absolute atomic E-state index is 13.9. The van der Waals surface area contributed by atoms with Crippen LogP contribution in [0, 0.1) is 11.8 Å². The zero-order valence-electron chi connectivity index (χ0n) is 31.2. The summed E-state index contributed by atoms with van der Waals surface area (Å²) in [4.78, 5) is 57.5. The number of hydrogen-bond donors (Lipinski definition) is 5. The van der Waals surface area contributed by atoms with Crippen LogP contribution in [-0.4, -0.2) is 70.8 Å². The van der Waals surface area contributed by atoms with Gasteiger partial charge in [-0.25, -0.2) is 4.79 Å². The van der Waals surface area contributed by atoms with Crippen LogP contribution in [0.25, 0.3) is 0 Å². The van der Waals surface area contributed by atoms with Gasteiger partial charge >= 0.3 is 6.09 Å². The maximum Gasteiger partial charge on any atom is 0.408 e. The van der Waals surface area contributed by atoms with Crippen LogP contribution < -0.4 is 26.0 Å². The van der Waals surface area contributed by atoms with E-state index in [2.05, 4.69) is 26.3 Å². The van der Waals surface area contributed by atoms with Gasteiger partial charge in [0.25, 0.3) is 0 Å². The Morgan fingerprint density at radius 2 is 1.53 bits per heavy atom. The number of aliphatic hydroxyl groups is 1. The highest BCUT2D eigenvalue weighted by Crippen LogP contribution is 2.29. The predicted molar refractivity (Wildman–Crippen MR) is 196 cm³/mol. The summed E-state index contributed by atoms with van der Waals surface area (Å²) in [5, 5.41) is 23.0. The first-order valence-electron chi connectivity index (χ1n) is 18.4. The van der Waals surface area contributed by atoms with Crippen LogP contribution in [0.1, 0.15) is 104 Å². The lowest BCUT2D eigenvalue weighted by molar-refractivity contribution is -0.131.